The number of anilines is 2. The van der Waals surface area contributed by atoms with E-state index in [0.29, 0.717) is 0 Å². The Labute approximate surface area is 170 Å². The summed E-state index contributed by atoms with van der Waals surface area (Å²) in [5.41, 5.74) is 10.0. The number of benzene rings is 1. The molecule has 6 N–H and O–H groups in total. The van der Waals surface area contributed by atoms with Gasteiger partial charge in [-0.1, -0.05) is 0 Å². The molecule has 1 aromatic carbocycles. The van der Waals surface area contributed by atoms with Crippen LogP contribution in [0.15, 0.2) is 35.7 Å². The van der Waals surface area contributed by atoms with E-state index in [2.05, 4.69) is 25.5 Å². The van der Waals surface area contributed by atoms with Gasteiger partial charge < -0.3 is 30.5 Å². The summed E-state index contributed by atoms with van der Waals surface area (Å²) in [5, 5.41) is 34.1. The standard InChI is InChI=1S/C18H21N7O5/c1-29-10-4-2-9(3-5-10)6-22-24-18-23-12-15(19)20-8-21-16(12)25(18)17-14(28)13(27)11(7-26)30-17/h2-6,8,11,13-14,17,26-28H,7H2,1H3,(H,23,24)(H2,19,20,21)/t11-,13-,14-,17-/m0/s1. The number of aromatic nitrogens is 4. The molecule has 30 heavy (non-hydrogen) atoms. The highest BCUT2D eigenvalue weighted by Gasteiger charge is 2.45. The highest BCUT2D eigenvalue weighted by molar-refractivity contribution is 5.84. The molecule has 4 rings (SSSR count). The van der Waals surface area contributed by atoms with Gasteiger partial charge in [0.15, 0.2) is 23.2 Å². The van der Waals surface area contributed by atoms with Gasteiger partial charge in [0.05, 0.1) is 19.9 Å². The van der Waals surface area contributed by atoms with Gasteiger partial charge in [0.25, 0.3) is 0 Å². The number of nitrogens with zero attached hydrogens (tertiary/aromatic N) is 5. The van der Waals surface area contributed by atoms with E-state index in [1.165, 1.54) is 10.9 Å². The SMILES string of the molecule is COc1ccc(C=NNc2nc3c(N)ncnc3n2[C@H]2O[C@@H](CO)[C@H](O)[C@@H]2O)cc1. The Kier molecular flexibility index (Phi) is 5.46. The Balaban J connectivity index is 1.68. The van der Waals surface area contributed by atoms with Crippen molar-refractivity contribution in [2.24, 2.45) is 5.10 Å². The Morgan fingerprint density at radius 3 is 2.70 bits per heavy atom. The van der Waals surface area contributed by atoms with Gasteiger partial charge in [-0.05, 0) is 29.8 Å². The number of hydrogen-bond donors (Lipinski definition) is 5. The molecule has 158 valence electrons. The highest BCUT2D eigenvalue weighted by Crippen LogP contribution is 2.35. The molecule has 3 aromatic rings. The van der Waals surface area contributed by atoms with Crippen LogP contribution in [-0.2, 0) is 4.74 Å². The minimum atomic E-state index is -1.33. The molecule has 2 aromatic heterocycles. The number of nitrogen functional groups attached to an aromatic ring is 1. The third kappa shape index (κ3) is 3.52. The smallest absolute Gasteiger partial charge is 0.228 e. The fourth-order valence-corrected chi connectivity index (χ4v) is 3.19. The summed E-state index contributed by atoms with van der Waals surface area (Å²) in [4.78, 5) is 12.4. The number of hydrogen-bond acceptors (Lipinski definition) is 11. The Hall–Kier alpha value is -3.32. The van der Waals surface area contributed by atoms with Crippen molar-refractivity contribution < 1.29 is 24.8 Å². The van der Waals surface area contributed by atoms with Crippen molar-refractivity contribution in [1.29, 1.82) is 0 Å². The first-order chi connectivity index (χ1) is 14.5. The van der Waals surface area contributed by atoms with Gasteiger partial charge in [-0.15, -0.1) is 0 Å². The molecule has 0 amide bonds. The van der Waals surface area contributed by atoms with Gasteiger partial charge in [0.1, 0.15) is 30.4 Å². The highest BCUT2D eigenvalue weighted by atomic mass is 16.6. The van der Waals surface area contributed by atoms with Crippen LogP contribution in [0.5, 0.6) is 5.75 Å². The Morgan fingerprint density at radius 1 is 1.27 bits per heavy atom. The second-order valence-corrected chi connectivity index (χ2v) is 6.61. The van der Waals surface area contributed by atoms with Crippen molar-refractivity contribution in [2.45, 2.75) is 24.5 Å². The number of nitrogens with one attached hydrogen (secondary N) is 1. The minimum Gasteiger partial charge on any atom is -0.497 e. The van der Waals surface area contributed by atoms with E-state index < -0.39 is 31.1 Å². The van der Waals surface area contributed by atoms with E-state index in [1.54, 1.807) is 25.5 Å². The number of fused-ring (bicyclic) bond motifs is 1. The molecule has 0 radical (unpaired) electrons. The van der Waals surface area contributed by atoms with E-state index in [9.17, 15) is 15.3 Å². The molecule has 0 spiro atoms. The average molecular weight is 415 g/mol. The third-order valence-electron chi connectivity index (χ3n) is 4.77. The van der Waals surface area contributed by atoms with Crippen LogP contribution in [0, 0.1) is 0 Å². The first kappa shape index (κ1) is 20.0. The fraction of sp³-hybridized carbons (Fsp3) is 0.333. The predicted molar refractivity (Wildman–Crippen MR) is 107 cm³/mol. The maximum absolute atomic E-state index is 10.4. The van der Waals surface area contributed by atoms with Crippen LogP contribution >= 0.6 is 0 Å². The van der Waals surface area contributed by atoms with Crippen molar-refractivity contribution in [2.75, 3.05) is 24.9 Å². The number of imidazole rings is 1. The molecule has 12 nitrogen and oxygen atoms in total. The number of nitrogens with two attached hydrogens (primary N) is 1. The second-order valence-electron chi connectivity index (χ2n) is 6.61. The normalized spacial score (nSPS) is 24.0. The molecule has 4 atom stereocenters. The monoisotopic (exact) mass is 415 g/mol. The zero-order valence-corrected chi connectivity index (χ0v) is 16.0. The van der Waals surface area contributed by atoms with Crippen molar-refractivity contribution in [3.8, 4) is 5.75 Å². The molecular formula is C18H21N7O5. The number of ether oxygens (including phenoxy) is 2. The molecule has 1 aliphatic heterocycles. The van der Waals surface area contributed by atoms with Crippen LogP contribution in [0.25, 0.3) is 11.2 Å². The van der Waals surface area contributed by atoms with Crippen molar-refractivity contribution >= 4 is 29.1 Å². The van der Waals surface area contributed by atoms with E-state index in [0.717, 1.165) is 11.3 Å². The van der Waals surface area contributed by atoms with Crippen LogP contribution in [0.2, 0.25) is 0 Å². The molecule has 1 aliphatic rings. The van der Waals surface area contributed by atoms with Gasteiger partial charge >= 0.3 is 0 Å². The molecule has 1 saturated heterocycles. The molecular weight excluding hydrogens is 394 g/mol. The number of rotatable bonds is 6. The van der Waals surface area contributed by atoms with E-state index in [4.69, 9.17) is 15.2 Å². The molecule has 0 unspecified atom stereocenters. The number of aliphatic hydroxyl groups is 3. The topological polar surface area (TPSA) is 173 Å². The van der Waals surface area contributed by atoms with E-state index in [-0.39, 0.29) is 22.9 Å². The summed E-state index contributed by atoms with van der Waals surface area (Å²) in [7, 11) is 1.58. The Bertz CT molecular complexity index is 1060. The van der Waals surface area contributed by atoms with Crippen LogP contribution in [-0.4, -0.2) is 73.1 Å². The lowest BCUT2D eigenvalue weighted by atomic mass is 10.1. The average Bonchev–Trinajstić information content (AvgIpc) is 3.26. The van der Waals surface area contributed by atoms with Crippen LogP contribution in [0.1, 0.15) is 11.8 Å². The fourth-order valence-electron chi connectivity index (χ4n) is 3.19. The van der Waals surface area contributed by atoms with Gasteiger partial charge in [-0.2, -0.15) is 5.10 Å². The quantitative estimate of drug-likeness (QED) is 0.260. The number of methoxy groups -OCH3 is 1. The maximum atomic E-state index is 10.4. The third-order valence-corrected chi connectivity index (χ3v) is 4.77. The minimum absolute atomic E-state index is 0.132. The lowest BCUT2D eigenvalue weighted by Gasteiger charge is -2.18. The van der Waals surface area contributed by atoms with Gasteiger partial charge in [0, 0.05) is 0 Å². The second kappa shape index (κ2) is 8.20. The summed E-state index contributed by atoms with van der Waals surface area (Å²) in [6.07, 6.45) is -1.83. The lowest BCUT2D eigenvalue weighted by Crippen LogP contribution is -2.33. The first-order valence-electron chi connectivity index (χ1n) is 9.07. The van der Waals surface area contributed by atoms with Crippen LogP contribution < -0.4 is 15.9 Å². The maximum Gasteiger partial charge on any atom is 0.228 e. The van der Waals surface area contributed by atoms with Gasteiger partial charge in [0.2, 0.25) is 5.95 Å². The van der Waals surface area contributed by atoms with Crippen molar-refractivity contribution in [1.82, 2.24) is 19.5 Å². The molecule has 12 heteroatoms. The van der Waals surface area contributed by atoms with Crippen LogP contribution in [0.4, 0.5) is 11.8 Å². The molecule has 1 fully saturated rings. The van der Waals surface area contributed by atoms with E-state index >= 15 is 0 Å². The Morgan fingerprint density at radius 2 is 2.03 bits per heavy atom. The zero-order valence-electron chi connectivity index (χ0n) is 16.0. The summed E-state index contributed by atoms with van der Waals surface area (Å²) < 4.78 is 12.2. The summed E-state index contributed by atoms with van der Waals surface area (Å²) in [5.74, 6) is 1.02. The largest absolute Gasteiger partial charge is 0.497 e. The summed E-state index contributed by atoms with van der Waals surface area (Å²) in [6, 6.07) is 7.24. The summed E-state index contributed by atoms with van der Waals surface area (Å²) in [6.45, 7) is -0.461. The molecule has 0 bridgehead atoms. The number of aliphatic hydroxyl groups excluding tert-OH is 3. The zero-order chi connectivity index (χ0) is 21.3. The van der Waals surface area contributed by atoms with Crippen LogP contribution in [0.3, 0.4) is 0 Å². The number of hydrazone groups is 1. The van der Waals surface area contributed by atoms with Crippen molar-refractivity contribution in [3.05, 3.63) is 36.2 Å². The summed E-state index contributed by atoms with van der Waals surface area (Å²) >= 11 is 0. The van der Waals surface area contributed by atoms with Crippen molar-refractivity contribution in [3.63, 3.8) is 0 Å². The van der Waals surface area contributed by atoms with Gasteiger partial charge in [-0.3, -0.25) is 4.57 Å². The molecule has 0 saturated carbocycles. The molecule has 3 heterocycles. The molecule has 0 aliphatic carbocycles. The predicted octanol–water partition coefficient (Wildman–Crippen LogP) is -0.525. The lowest BCUT2D eigenvalue weighted by molar-refractivity contribution is -0.0501. The van der Waals surface area contributed by atoms with E-state index in [1.807, 2.05) is 12.1 Å². The first-order valence-corrected chi connectivity index (χ1v) is 9.07. The van der Waals surface area contributed by atoms with Gasteiger partial charge in [-0.25, -0.2) is 20.4 Å².